The molecule has 2 aromatic heterocycles. The van der Waals surface area contributed by atoms with Crippen LogP contribution in [0.4, 0.5) is 10.8 Å². The van der Waals surface area contributed by atoms with Gasteiger partial charge in [0.05, 0.1) is 7.11 Å². The Hall–Kier alpha value is -1.60. The first-order chi connectivity index (χ1) is 9.45. The highest BCUT2D eigenvalue weighted by Gasteiger charge is 2.25. The van der Waals surface area contributed by atoms with Crippen LogP contribution in [-0.2, 0) is 10.2 Å². The molecule has 0 aliphatic heterocycles. The zero-order valence-corrected chi connectivity index (χ0v) is 13.2. The average Bonchev–Trinajstić information content (AvgIpc) is 3.05. The lowest BCUT2D eigenvalue weighted by Crippen LogP contribution is -2.26. The molecule has 5 nitrogen and oxygen atoms in total. The van der Waals surface area contributed by atoms with Gasteiger partial charge < -0.3 is 15.8 Å². The summed E-state index contributed by atoms with van der Waals surface area (Å²) in [6, 6.07) is 4.14. The first kappa shape index (κ1) is 14.8. The van der Waals surface area contributed by atoms with Crippen LogP contribution in [0.15, 0.2) is 17.5 Å². The standard InChI is InChI=1S/C13H17N3O2S2/c1-13(2,8-5-4-6-19-8)7-15-11-9(12(17)18-3)10(14)16-20-11/h4-6,15H,7H2,1-3H3,(H2,14,16). The average molecular weight is 311 g/mol. The van der Waals surface area contributed by atoms with E-state index in [1.54, 1.807) is 11.3 Å². The molecule has 0 aliphatic carbocycles. The summed E-state index contributed by atoms with van der Waals surface area (Å²) in [5.41, 5.74) is 5.99. The van der Waals surface area contributed by atoms with Crippen LogP contribution in [0, 0.1) is 0 Å². The van der Waals surface area contributed by atoms with E-state index in [2.05, 4.69) is 35.0 Å². The molecule has 0 bridgehead atoms. The number of nitrogens with two attached hydrogens (primary N) is 1. The van der Waals surface area contributed by atoms with Gasteiger partial charge in [0.15, 0.2) is 5.82 Å². The van der Waals surface area contributed by atoms with Crippen LogP contribution in [-0.4, -0.2) is 24.0 Å². The number of ether oxygens (including phenoxy) is 1. The van der Waals surface area contributed by atoms with Gasteiger partial charge in [-0.1, -0.05) is 19.9 Å². The van der Waals surface area contributed by atoms with E-state index in [-0.39, 0.29) is 11.2 Å². The minimum atomic E-state index is -0.465. The van der Waals surface area contributed by atoms with Crippen molar-refractivity contribution in [1.82, 2.24) is 4.37 Å². The van der Waals surface area contributed by atoms with Gasteiger partial charge in [-0.05, 0) is 23.0 Å². The zero-order valence-electron chi connectivity index (χ0n) is 11.6. The van der Waals surface area contributed by atoms with Gasteiger partial charge in [-0.25, -0.2) is 4.79 Å². The molecule has 0 saturated carbocycles. The number of nitrogens with zero attached hydrogens (tertiary/aromatic N) is 1. The number of aromatic nitrogens is 1. The van der Waals surface area contributed by atoms with Gasteiger partial charge >= 0.3 is 5.97 Å². The predicted molar refractivity (Wildman–Crippen MR) is 83.7 cm³/mol. The minimum absolute atomic E-state index is 0.0414. The molecular formula is C13H17N3O2S2. The van der Waals surface area contributed by atoms with Crippen molar-refractivity contribution in [2.45, 2.75) is 19.3 Å². The number of methoxy groups -OCH3 is 1. The van der Waals surface area contributed by atoms with Gasteiger partial charge in [0, 0.05) is 16.8 Å². The molecule has 0 radical (unpaired) electrons. The Morgan fingerprint density at radius 3 is 2.90 bits per heavy atom. The van der Waals surface area contributed by atoms with Crippen molar-refractivity contribution >= 4 is 39.7 Å². The smallest absolute Gasteiger partial charge is 0.344 e. The summed E-state index contributed by atoms with van der Waals surface area (Å²) < 4.78 is 8.74. The minimum Gasteiger partial charge on any atom is -0.465 e. The molecule has 0 aliphatic rings. The van der Waals surface area contributed by atoms with Gasteiger partial charge in [-0.3, -0.25) is 0 Å². The van der Waals surface area contributed by atoms with E-state index in [1.165, 1.54) is 23.5 Å². The summed E-state index contributed by atoms with van der Waals surface area (Å²) in [6.45, 7) is 4.97. The maximum atomic E-state index is 11.7. The van der Waals surface area contributed by atoms with E-state index in [0.29, 0.717) is 17.1 Å². The number of anilines is 2. The van der Waals surface area contributed by atoms with Crippen molar-refractivity contribution in [3.8, 4) is 0 Å². The van der Waals surface area contributed by atoms with Crippen LogP contribution in [0.1, 0.15) is 29.1 Å². The van der Waals surface area contributed by atoms with E-state index in [1.807, 2.05) is 6.07 Å². The number of carbonyl (C=O) groups is 1. The summed E-state index contributed by atoms with van der Waals surface area (Å²) in [7, 11) is 1.33. The van der Waals surface area contributed by atoms with E-state index in [4.69, 9.17) is 10.5 Å². The van der Waals surface area contributed by atoms with E-state index in [0.717, 1.165) is 0 Å². The second-order valence-electron chi connectivity index (χ2n) is 4.98. The summed E-state index contributed by atoms with van der Waals surface area (Å²) in [6.07, 6.45) is 0. The number of esters is 1. The molecule has 7 heteroatoms. The van der Waals surface area contributed by atoms with Crippen LogP contribution >= 0.6 is 22.9 Å². The van der Waals surface area contributed by atoms with Gasteiger partial charge in [-0.15, -0.1) is 11.3 Å². The van der Waals surface area contributed by atoms with Crippen molar-refractivity contribution < 1.29 is 9.53 Å². The third kappa shape index (κ3) is 2.94. The molecule has 0 atom stereocenters. The van der Waals surface area contributed by atoms with Gasteiger partial charge in [0.25, 0.3) is 0 Å². The van der Waals surface area contributed by atoms with Crippen molar-refractivity contribution in [3.05, 3.63) is 28.0 Å². The largest absolute Gasteiger partial charge is 0.465 e. The van der Waals surface area contributed by atoms with E-state index >= 15 is 0 Å². The maximum Gasteiger partial charge on any atom is 0.344 e. The highest BCUT2D eigenvalue weighted by atomic mass is 32.1. The Morgan fingerprint density at radius 1 is 1.55 bits per heavy atom. The van der Waals surface area contributed by atoms with E-state index < -0.39 is 5.97 Å². The fourth-order valence-corrected chi connectivity index (χ4v) is 3.32. The summed E-state index contributed by atoms with van der Waals surface area (Å²) in [5, 5.41) is 5.97. The molecule has 108 valence electrons. The number of carbonyl (C=O) groups excluding carboxylic acids is 1. The lowest BCUT2D eigenvalue weighted by atomic mass is 9.91. The van der Waals surface area contributed by atoms with Crippen molar-refractivity contribution in [1.29, 1.82) is 0 Å². The number of hydrogen-bond donors (Lipinski definition) is 2. The predicted octanol–water partition coefficient (Wildman–Crippen LogP) is 2.96. The number of nitrogens with one attached hydrogen (secondary N) is 1. The monoisotopic (exact) mass is 311 g/mol. The lowest BCUT2D eigenvalue weighted by Gasteiger charge is -2.23. The van der Waals surface area contributed by atoms with Crippen LogP contribution in [0.2, 0.25) is 0 Å². The van der Waals surface area contributed by atoms with Gasteiger partial charge in [-0.2, -0.15) is 4.37 Å². The van der Waals surface area contributed by atoms with Gasteiger partial charge in [0.2, 0.25) is 0 Å². The zero-order chi connectivity index (χ0) is 14.8. The molecule has 0 aromatic carbocycles. The first-order valence-corrected chi connectivity index (χ1v) is 7.72. The van der Waals surface area contributed by atoms with Crippen molar-refractivity contribution in [2.75, 3.05) is 24.7 Å². The lowest BCUT2D eigenvalue weighted by molar-refractivity contribution is 0.0603. The molecule has 2 aromatic rings. The Morgan fingerprint density at radius 2 is 2.30 bits per heavy atom. The summed E-state index contributed by atoms with van der Waals surface area (Å²) in [4.78, 5) is 13.0. The summed E-state index contributed by atoms with van der Waals surface area (Å²) >= 11 is 2.89. The van der Waals surface area contributed by atoms with Crippen LogP contribution < -0.4 is 11.1 Å². The van der Waals surface area contributed by atoms with Crippen LogP contribution in [0.5, 0.6) is 0 Å². The number of rotatable bonds is 5. The maximum absolute atomic E-state index is 11.7. The second-order valence-corrected chi connectivity index (χ2v) is 6.70. The number of thiophene rings is 1. The topological polar surface area (TPSA) is 77.2 Å². The normalized spacial score (nSPS) is 11.3. The summed E-state index contributed by atoms with van der Waals surface area (Å²) in [5.74, 6) is -0.258. The van der Waals surface area contributed by atoms with E-state index in [9.17, 15) is 4.79 Å². The molecule has 2 heterocycles. The fraction of sp³-hybridized carbons (Fsp3) is 0.385. The molecule has 3 N–H and O–H groups in total. The molecule has 0 saturated heterocycles. The second kappa shape index (κ2) is 5.80. The third-order valence-electron chi connectivity index (χ3n) is 2.99. The molecule has 0 fully saturated rings. The van der Waals surface area contributed by atoms with Gasteiger partial charge in [0.1, 0.15) is 10.6 Å². The van der Waals surface area contributed by atoms with Crippen molar-refractivity contribution in [3.63, 3.8) is 0 Å². The highest BCUT2D eigenvalue weighted by Crippen LogP contribution is 2.31. The molecule has 20 heavy (non-hydrogen) atoms. The van der Waals surface area contributed by atoms with Crippen molar-refractivity contribution in [2.24, 2.45) is 0 Å². The molecular weight excluding hydrogens is 294 g/mol. The third-order valence-corrected chi connectivity index (χ3v) is 5.04. The first-order valence-electron chi connectivity index (χ1n) is 6.07. The van der Waals surface area contributed by atoms with Crippen LogP contribution in [0.25, 0.3) is 0 Å². The Balaban J connectivity index is 2.14. The highest BCUT2D eigenvalue weighted by molar-refractivity contribution is 7.11. The molecule has 0 spiro atoms. The number of nitrogen functional groups attached to an aromatic ring is 1. The Bertz CT molecular complexity index is 591. The Labute approximate surface area is 125 Å². The molecule has 2 rings (SSSR count). The number of hydrogen-bond acceptors (Lipinski definition) is 7. The SMILES string of the molecule is COC(=O)c1c(N)nsc1NCC(C)(C)c1cccs1. The Kier molecular flexibility index (Phi) is 4.29. The quantitative estimate of drug-likeness (QED) is 0.830. The van der Waals surface area contributed by atoms with Crippen LogP contribution in [0.3, 0.4) is 0 Å². The molecule has 0 unspecified atom stereocenters. The molecule has 0 amide bonds. The fourth-order valence-electron chi connectivity index (χ4n) is 1.77.